The number of carboxylic acid groups (broad SMARTS) is 2. The third-order valence-corrected chi connectivity index (χ3v) is 18.3. The summed E-state index contributed by atoms with van der Waals surface area (Å²) in [4.78, 5) is 217. The SMILES string of the molecule is CC[C@H](C)[C@H](NC(=O)[C@H](CO)NC(=O)[C@H](Cc1ccc(O)cc1)NC(=O)CNC(=O)[C@H](CCCNC(=N)N)NC(=O)[C@@H](NC(=O)[C@H](CO)NC(=O)[C@H](CO)NC(=O)[C@H](CC(C)C)NC(=O)[C@@H](N)CCC(=O)O)[C@@H](C)O)C(=O)N[C@@H](Cc1ccccc1)C(=O)N[C@@H](CO)C(=O)N[C@@H](Cc1ccc(O)cc1)C(=O)N[C@@H](C)C(=O)N[C@H](C(=O)O)[C@@H](C)O. The van der Waals surface area contributed by atoms with Crippen molar-refractivity contribution in [1.82, 2.24) is 79.8 Å². The van der Waals surface area contributed by atoms with E-state index >= 15 is 0 Å². The van der Waals surface area contributed by atoms with Gasteiger partial charge in [0.25, 0.3) is 0 Å². The zero-order valence-electron chi connectivity index (χ0n) is 66.7. The first-order valence-corrected chi connectivity index (χ1v) is 38.0. The van der Waals surface area contributed by atoms with Crippen LogP contribution in [0.4, 0.5) is 0 Å². The molecular formula is C75H112N18O26. The Hall–Kier alpha value is -12.2. The summed E-state index contributed by atoms with van der Waals surface area (Å²) in [5.74, 6) is -20.4. The first-order chi connectivity index (χ1) is 56.1. The average molecular weight is 1680 g/mol. The Kier molecular flexibility index (Phi) is 43.3. The molecule has 0 saturated heterocycles. The third-order valence-electron chi connectivity index (χ3n) is 18.3. The molecule has 0 aromatic heterocycles. The highest BCUT2D eigenvalue weighted by Gasteiger charge is 2.39. The first-order valence-electron chi connectivity index (χ1n) is 38.0. The summed E-state index contributed by atoms with van der Waals surface area (Å²) >= 11 is 0. The minimum Gasteiger partial charge on any atom is -0.508 e. The Morgan fingerprint density at radius 3 is 1.19 bits per heavy atom. The molecule has 658 valence electrons. The number of hydrogen-bond donors (Lipinski definition) is 28. The Morgan fingerprint density at radius 1 is 0.403 bits per heavy atom. The van der Waals surface area contributed by atoms with Gasteiger partial charge in [-0.25, -0.2) is 4.79 Å². The van der Waals surface area contributed by atoms with Crippen molar-refractivity contribution in [2.75, 3.05) is 39.5 Å². The van der Waals surface area contributed by atoms with Crippen LogP contribution in [0, 0.1) is 17.2 Å². The van der Waals surface area contributed by atoms with Gasteiger partial charge in [0.1, 0.15) is 84.0 Å². The summed E-state index contributed by atoms with van der Waals surface area (Å²) < 4.78 is 0. The number of amides is 14. The van der Waals surface area contributed by atoms with E-state index < -0.39 is 249 Å². The fourth-order valence-electron chi connectivity index (χ4n) is 11.3. The number of aliphatic hydroxyl groups excluding tert-OH is 6. The van der Waals surface area contributed by atoms with Crippen molar-refractivity contribution < 1.29 is 128 Å². The Labute approximate surface area is 683 Å². The van der Waals surface area contributed by atoms with Crippen molar-refractivity contribution >= 4 is 101 Å². The van der Waals surface area contributed by atoms with Gasteiger partial charge < -0.3 is 142 Å². The molecule has 0 fully saturated rings. The number of benzene rings is 3. The van der Waals surface area contributed by atoms with Gasteiger partial charge in [-0.05, 0) is 99.2 Å². The van der Waals surface area contributed by atoms with E-state index in [9.17, 15) is 123 Å². The molecule has 17 atom stereocenters. The van der Waals surface area contributed by atoms with Gasteiger partial charge in [-0.2, -0.15) is 0 Å². The number of aromatic hydroxyl groups is 2. The van der Waals surface area contributed by atoms with Crippen molar-refractivity contribution in [3.8, 4) is 11.5 Å². The molecule has 0 spiro atoms. The van der Waals surface area contributed by atoms with Crippen LogP contribution in [0.5, 0.6) is 11.5 Å². The lowest BCUT2D eigenvalue weighted by Gasteiger charge is -2.29. The Morgan fingerprint density at radius 2 is 0.773 bits per heavy atom. The molecule has 3 aromatic rings. The predicted octanol–water partition coefficient (Wildman–Crippen LogP) is -9.07. The number of phenolic OH excluding ortho intramolecular Hbond substituents is 2. The van der Waals surface area contributed by atoms with E-state index in [1.54, 1.807) is 51.1 Å². The molecule has 0 heterocycles. The molecule has 0 unspecified atom stereocenters. The lowest BCUT2D eigenvalue weighted by atomic mass is 9.96. The average Bonchev–Trinajstić information content (AvgIpc) is 0.847. The number of rotatable bonds is 52. The smallest absolute Gasteiger partial charge is 0.328 e. The second-order valence-corrected chi connectivity index (χ2v) is 28.5. The summed E-state index contributed by atoms with van der Waals surface area (Å²) in [7, 11) is 0. The van der Waals surface area contributed by atoms with Crippen LogP contribution in [0.2, 0.25) is 0 Å². The third kappa shape index (κ3) is 35.6. The molecule has 44 heteroatoms. The fraction of sp³-hybridized carbons (Fsp3) is 0.533. The molecule has 0 saturated carbocycles. The molecule has 119 heavy (non-hydrogen) atoms. The van der Waals surface area contributed by atoms with Crippen LogP contribution in [0.15, 0.2) is 78.9 Å². The topological polar surface area (TPSA) is 732 Å². The minimum atomic E-state index is -1.99. The van der Waals surface area contributed by atoms with Crippen LogP contribution in [0.3, 0.4) is 0 Å². The lowest BCUT2D eigenvalue weighted by molar-refractivity contribution is -0.145. The van der Waals surface area contributed by atoms with Gasteiger partial charge in [0.05, 0.1) is 51.2 Å². The second-order valence-electron chi connectivity index (χ2n) is 28.5. The number of phenols is 2. The Balaban J connectivity index is 1.87. The normalized spacial score (nSPS) is 15.4. The highest BCUT2D eigenvalue weighted by molar-refractivity contribution is 6.00. The number of guanidine groups is 1. The predicted molar refractivity (Wildman–Crippen MR) is 420 cm³/mol. The van der Waals surface area contributed by atoms with Gasteiger partial charge >= 0.3 is 11.9 Å². The van der Waals surface area contributed by atoms with Gasteiger partial charge in [-0.15, -0.1) is 0 Å². The van der Waals surface area contributed by atoms with E-state index in [4.69, 9.17) is 22.0 Å². The molecule has 0 aliphatic heterocycles. The summed E-state index contributed by atoms with van der Waals surface area (Å²) in [5, 5.41) is 143. The Bertz CT molecular complexity index is 3940. The molecule has 14 amide bonds. The van der Waals surface area contributed by atoms with Crippen molar-refractivity contribution in [2.24, 2.45) is 23.3 Å². The molecule has 3 rings (SSSR count). The molecular weight excluding hydrogens is 1570 g/mol. The van der Waals surface area contributed by atoms with E-state index in [0.29, 0.717) is 11.1 Å². The van der Waals surface area contributed by atoms with Crippen LogP contribution in [0.1, 0.15) is 104 Å². The summed E-state index contributed by atoms with van der Waals surface area (Å²) in [6.07, 6.45) is -5.39. The molecule has 44 nitrogen and oxygen atoms in total. The molecule has 3 aromatic carbocycles. The summed E-state index contributed by atoms with van der Waals surface area (Å²) in [6.45, 7) is 4.23. The highest BCUT2D eigenvalue weighted by atomic mass is 16.4. The highest BCUT2D eigenvalue weighted by Crippen LogP contribution is 2.17. The van der Waals surface area contributed by atoms with Crippen LogP contribution in [-0.2, 0) is 96.0 Å². The molecule has 0 aliphatic carbocycles. The number of nitrogens with two attached hydrogens (primary N) is 2. The number of hydrogen-bond acceptors (Lipinski definition) is 26. The van der Waals surface area contributed by atoms with Gasteiger partial charge in [-0.1, -0.05) is 88.7 Å². The maximum atomic E-state index is 14.6. The molecule has 30 N–H and O–H groups in total. The van der Waals surface area contributed by atoms with Crippen molar-refractivity contribution in [3.05, 3.63) is 95.6 Å². The number of carbonyl (C=O) groups is 16. The second kappa shape index (κ2) is 51.1. The van der Waals surface area contributed by atoms with Gasteiger partial charge in [0.15, 0.2) is 12.0 Å². The van der Waals surface area contributed by atoms with Gasteiger partial charge in [0, 0.05) is 32.2 Å². The summed E-state index contributed by atoms with van der Waals surface area (Å²) in [6, 6.07) is -5.13. The largest absolute Gasteiger partial charge is 0.508 e. The molecule has 0 radical (unpaired) electrons. The van der Waals surface area contributed by atoms with Gasteiger partial charge in [0.2, 0.25) is 82.7 Å². The zero-order chi connectivity index (χ0) is 89.5. The van der Waals surface area contributed by atoms with E-state index in [2.05, 4.69) is 79.8 Å². The fourth-order valence-corrected chi connectivity index (χ4v) is 11.3. The number of aliphatic hydroxyl groups is 6. The van der Waals surface area contributed by atoms with Crippen LogP contribution >= 0.6 is 0 Å². The van der Waals surface area contributed by atoms with Crippen LogP contribution in [0.25, 0.3) is 0 Å². The lowest BCUT2D eigenvalue weighted by Crippen LogP contribution is -2.62. The van der Waals surface area contributed by atoms with Crippen molar-refractivity contribution in [3.63, 3.8) is 0 Å². The zero-order valence-corrected chi connectivity index (χ0v) is 66.7. The van der Waals surface area contributed by atoms with Crippen molar-refractivity contribution in [2.45, 2.75) is 203 Å². The monoisotopic (exact) mass is 1680 g/mol. The molecule has 0 aliphatic rings. The summed E-state index contributed by atoms with van der Waals surface area (Å²) in [5.41, 5.74) is 12.3. The van der Waals surface area contributed by atoms with Crippen LogP contribution in [-0.4, -0.2) is 288 Å². The van der Waals surface area contributed by atoms with Gasteiger partial charge in [-0.3, -0.25) is 77.3 Å². The maximum absolute atomic E-state index is 14.6. The maximum Gasteiger partial charge on any atom is 0.328 e. The number of aliphatic carboxylic acids is 2. The molecule has 0 bridgehead atoms. The number of nitrogens with one attached hydrogen (secondary N) is 16. The van der Waals surface area contributed by atoms with E-state index in [1.165, 1.54) is 62.4 Å². The van der Waals surface area contributed by atoms with Crippen molar-refractivity contribution in [1.29, 1.82) is 5.41 Å². The number of carbonyl (C=O) groups excluding carboxylic acids is 14. The standard InChI is InChI=1S/C75H112N18O26/c1-8-37(4)58(72(116)86-51(28-41-13-10-9-11-14-41)67(111)88-52(32-94)68(112)85-50(30-43-18-22-45(101)23-19-43)64(108)81-38(5)61(105)93-60(40(7)99)74(118)119)91-70(114)54(34-96)89-66(110)49(29-42-16-20-44(100)21-17-42)82-56(102)31-80-63(107)47(15-12-26-79-75(77)78)83-73(117)59(39(6)98)92-71(115)55(35-97)90-69(113)53(33-95)87-65(109)48(27-36(2)3)84-62(106)46(76)24-25-57(103)104/h9-11,13-14,16-23,36-40,46-55,58-60,94-101H,8,12,15,24-35,76H2,1-7H3,(H,80,107)(H,81,108)(H,82,102)(H,83,117)(H,84,106)(H,85,112)(H,86,116)(H,87,109)(H,88,111)(H,89,110)(H,90,113)(H,91,114)(H,92,115)(H,93,105)(H,103,104)(H,118,119)(H4,77,78,79)/t37-,38-,39+,40+,46-,47-,48-,49-,50-,51-,52-,53-,54-,55-,58-,59-,60-/m0/s1. The first kappa shape index (κ1) is 101. The number of carboxylic acids is 2. The van der Waals surface area contributed by atoms with E-state index in [-0.39, 0.29) is 74.5 Å². The van der Waals surface area contributed by atoms with E-state index in [0.717, 1.165) is 13.8 Å². The quantitative estimate of drug-likeness (QED) is 0.0142. The minimum absolute atomic E-state index is 0.0351. The van der Waals surface area contributed by atoms with E-state index in [1.807, 2.05) is 0 Å². The van der Waals surface area contributed by atoms with Crippen LogP contribution < -0.4 is 91.2 Å².